The van der Waals surface area contributed by atoms with E-state index >= 15 is 0 Å². The molecule has 0 radical (unpaired) electrons. The lowest BCUT2D eigenvalue weighted by molar-refractivity contribution is 0.161. The number of thioether (sulfide) groups is 1. The largest absolute Gasteiger partial charge is 0.307 e. The Bertz CT molecular complexity index is 480. The van der Waals surface area contributed by atoms with Crippen LogP contribution in [-0.2, 0) is 0 Å². The molecule has 0 aliphatic carbocycles. The van der Waals surface area contributed by atoms with Crippen molar-refractivity contribution >= 4 is 11.8 Å². The summed E-state index contributed by atoms with van der Waals surface area (Å²) in [6.45, 7) is 3.44. The van der Waals surface area contributed by atoms with Gasteiger partial charge < -0.3 is 10.2 Å². The van der Waals surface area contributed by atoms with Crippen molar-refractivity contribution in [1.82, 2.24) is 10.2 Å². The molecule has 3 unspecified atom stereocenters. The molecule has 1 aromatic rings. The number of hydrogen-bond donors (Lipinski definition) is 1. The van der Waals surface area contributed by atoms with Crippen LogP contribution in [0.1, 0.15) is 37.8 Å². The molecule has 3 rings (SSSR count). The summed E-state index contributed by atoms with van der Waals surface area (Å²) < 4.78 is 13.9. The van der Waals surface area contributed by atoms with Crippen LogP contribution in [-0.4, -0.2) is 36.3 Å². The maximum Gasteiger partial charge on any atom is 0.137 e. The molecular weight excluding hydrogens is 271 g/mol. The van der Waals surface area contributed by atoms with Crippen LogP contribution in [0, 0.1) is 5.82 Å². The van der Waals surface area contributed by atoms with E-state index in [2.05, 4.69) is 30.3 Å². The fourth-order valence-corrected chi connectivity index (χ4v) is 4.43. The Balaban J connectivity index is 1.72. The number of halogens is 1. The zero-order valence-electron chi connectivity index (χ0n) is 12.2. The van der Waals surface area contributed by atoms with Gasteiger partial charge in [-0.2, -0.15) is 0 Å². The highest BCUT2D eigenvalue weighted by Gasteiger charge is 2.28. The van der Waals surface area contributed by atoms with Gasteiger partial charge in [0.1, 0.15) is 5.82 Å². The highest BCUT2D eigenvalue weighted by molar-refractivity contribution is 7.99. The van der Waals surface area contributed by atoms with Crippen LogP contribution < -0.4 is 5.32 Å². The van der Waals surface area contributed by atoms with E-state index < -0.39 is 0 Å². The summed E-state index contributed by atoms with van der Waals surface area (Å²) >= 11 is 1.66. The van der Waals surface area contributed by atoms with E-state index in [0.717, 1.165) is 29.2 Å². The molecule has 1 N–H and O–H groups in total. The number of nitrogens with zero attached hydrogens (tertiary/aromatic N) is 1. The highest BCUT2D eigenvalue weighted by Crippen LogP contribution is 2.38. The Labute approximate surface area is 125 Å². The third-order valence-corrected chi connectivity index (χ3v) is 5.83. The van der Waals surface area contributed by atoms with Gasteiger partial charge in [0.05, 0.1) is 0 Å². The quantitative estimate of drug-likeness (QED) is 0.899. The molecule has 0 saturated carbocycles. The predicted molar refractivity (Wildman–Crippen MR) is 82.7 cm³/mol. The summed E-state index contributed by atoms with van der Waals surface area (Å²) in [6.07, 6.45) is 3.47. The van der Waals surface area contributed by atoms with Gasteiger partial charge in [0, 0.05) is 23.0 Å². The van der Waals surface area contributed by atoms with Crippen LogP contribution in [0.5, 0.6) is 0 Å². The second-order valence-electron chi connectivity index (χ2n) is 6.07. The maximum atomic E-state index is 13.9. The van der Waals surface area contributed by atoms with Gasteiger partial charge in [0.15, 0.2) is 0 Å². The van der Waals surface area contributed by atoms with Gasteiger partial charge in [0.2, 0.25) is 0 Å². The zero-order valence-corrected chi connectivity index (χ0v) is 13.0. The number of hydrogen-bond acceptors (Lipinski definition) is 3. The number of likely N-dealkylation sites (tertiary alicyclic amines) is 1. The fourth-order valence-electron chi connectivity index (χ4n) is 3.28. The normalized spacial score (nSPS) is 31.1. The number of nitrogens with one attached hydrogen (secondary N) is 1. The van der Waals surface area contributed by atoms with E-state index in [1.54, 1.807) is 17.8 Å². The molecule has 2 aliphatic heterocycles. The lowest BCUT2D eigenvalue weighted by atomic mass is 9.95. The predicted octanol–water partition coefficient (Wildman–Crippen LogP) is 3.43. The van der Waals surface area contributed by atoms with E-state index in [0.29, 0.717) is 18.1 Å². The lowest BCUT2D eigenvalue weighted by Gasteiger charge is -2.38. The Morgan fingerprint density at radius 3 is 3.00 bits per heavy atom. The first-order chi connectivity index (χ1) is 9.65. The minimum atomic E-state index is -0.0595. The van der Waals surface area contributed by atoms with Crippen LogP contribution in [0.3, 0.4) is 0 Å². The molecule has 2 nitrogen and oxygen atoms in total. The molecule has 0 aromatic heterocycles. The van der Waals surface area contributed by atoms with Gasteiger partial charge in [-0.3, -0.25) is 0 Å². The van der Waals surface area contributed by atoms with Crippen LogP contribution in [0.25, 0.3) is 0 Å². The van der Waals surface area contributed by atoms with Crippen molar-refractivity contribution in [2.45, 2.75) is 49.2 Å². The fraction of sp³-hybridized carbons (Fsp3) is 0.625. The number of rotatable bonds is 2. The van der Waals surface area contributed by atoms with Crippen LogP contribution >= 0.6 is 11.8 Å². The molecule has 2 heterocycles. The van der Waals surface area contributed by atoms with Crippen molar-refractivity contribution in [1.29, 1.82) is 0 Å². The Hall–Kier alpha value is -0.580. The van der Waals surface area contributed by atoms with Crippen LogP contribution in [0.2, 0.25) is 0 Å². The van der Waals surface area contributed by atoms with E-state index in [4.69, 9.17) is 0 Å². The monoisotopic (exact) mass is 294 g/mol. The summed E-state index contributed by atoms with van der Waals surface area (Å²) in [6, 6.07) is 7.01. The van der Waals surface area contributed by atoms with Crippen molar-refractivity contribution < 1.29 is 4.39 Å². The number of piperidine rings is 1. The third-order valence-electron chi connectivity index (χ3n) is 4.67. The second kappa shape index (κ2) is 6.04. The average Bonchev–Trinajstić information content (AvgIpc) is 2.44. The molecular formula is C16H23FN2S. The minimum absolute atomic E-state index is 0.0595. The summed E-state index contributed by atoms with van der Waals surface area (Å²) in [4.78, 5) is 3.28. The molecule has 110 valence electrons. The van der Waals surface area contributed by atoms with Gasteiger partial charge in [0.25, 0.3) is 0 Å². The zero-order chi connectivity index (χ0) is 14.1. The molecule has 3 atom stereocenters. The topological polar surface area (TPSA) is 15.3 Å². The molecule has 4 heteroatoms. The lowest BCUT2D eigenvalue weighted by Crippen LogP contribution is -2.46. The molecule has 2 aliphatic rings. The van der Waals surface area contributed by atoms with E-state index in [9.17, 15) is 4.39 Å². The number of fused-ring (bicyclic) bond motifs is 1. The molecule has 1 saturated heterocycles. The smallest absolute Gasteiger partial charge is 0.137 e. The van der Waals surface area contributed by atoms with E-state index in [1.807, 2.05) is 6.07 Å². The first-order valence-electron chi connectivity index (χ1n) is 7.52. The van der Waals surface area contributed by atoms with Crippen molar-refractivity contribution in [2.24, 2.45) is 0 Å². The SMILES string of the molecule is CC1CC(NC2CCSc3c(F)cccc32)CCN1C. The maximum absolute atomic E-state index is 13.9. The van der Waals surface area contributed by atoms with Crippen molar-refractivity contribution in [3.8, 4) is 0 Å². The highest BCUT2D eigenvalue weighted by atomic mass is 32.2. The van der Waals surface area contributed by atoms with Crippen LogP contribution in [0.4, 0.5) is 4.39 Å². The first-order valence-corrected chi connectivity index (χ1v) is 8.51. The average molecular weight is 294 g/mol. The molecule has 1 aromatic carbocycles. The number of benzene rings is 1. The summed E-state index contributed by atoms with van der Waals surface area (Å²) in [5, 5.41) is 3.79. The Morgan fingerprint density at radius 2 is 2.20 bits per heavy atom. The summed E-state index contributed by atoms with van der Waals surface area (Å²) in [5.74, 6) is 0.948. The van der Waals surface area contributed by atoms with Gasteiger partial charge in [-0.05, 0) is 57.2 Å². The Morgan fingerprint density at radius 1 is 1.35 bits per heavy atom. The molecule has 0 bridgehead atoms. The standard InChI is InChI=1S/C16H23FN2S/c1-11-10-12(6-8-19(11)2)18-15-7-9-20-16-13(15)4-3-5-14(16)17/h3-5,11-12,15,18H,6-10H2,1-2H3. The van der Waals surface area contributed by atoms with Crippen molar-refractivity contribution in [3.63, 3.8) is 0 Å². The van der Waals surface area contributed by atoms with Crippen molar-refractivity contribution in [2.75, 3.05) is 19.3 Å². The minimum Gasteiger partial charge on any atom is -0.307 e. The van der Waals surface area contributed by atoms with Gasteiger partial charge in [-0.25, -0.2) is 4.39 Å². The Kier molecular flexibility index (Phi) is 4.34. The van der Waals surface area contributed by atoms with Crippen molar-refractivity contribution in [3.05, 3.63) is 29.6 Å². The van der Waals surface area contributed by atoms with E-state index in [-0.39, 0.29) is 5.82 Å². The molecule has 1 fully saturated rings. The van der Waals surface area contributed by atoms with Crippen LogP contribution in [0.15, 0.2) is 23.1 Å². The summed E-state index contributed by atoms with van der Waals surface area (Å²) in [7, 11) is 2.20. The molecule has 20 heavy (non-hydrogen) atoms. The first kappa shape index (κ1) is 14.4. The molecule has 0 amide bonds. The van der Waals surface area contributed by atoms with Gasteiger partial charge >= 0.3 is 0 Å². The summed E-state index contributed by atoms with van der Waals surface area (Å²) in [5.41, 5.74) is 1.16. The molecule has 0 spiro atoms. The van der Waals surface area contributed by atoms with Gasteiger partial charge in [-0.1, -0.05) is 12.1 Å². The third kappa shape index (κ3) is 2.87. The van der Waals surface area contributed by atoms with Gasteiger partial charge in [-0.15, -0.1) is 11.8 Å². The second-order valence-corrected chi connectivity index (χ2v) is 7.17. The van der Waals surface area contributed by atoms with E-state index in [1.165, 1.54) is 12.8 Å².